The lowest BCUT2D eigenvalue weighted by atomic mass is 9.89. The molecule has 0 spiro atoms. The second kappa shape index (κ2) is 4.61. The lowest BCUT2D eigenvalue weighted by molar-refractivity contribution is -0.134. The van der Waals surface area contributed by atoms with Crippen molar-refractivity contribution < 1.29 is 9.59 Å². The van der Waals surface area contributed by atoms with Crippen LogP contribution < -0.4 is 5.32 Å². The fourth-order valence-corrected chi connectivity index (χ4v) is 2.04. The zero-order valence-electron chi connectivity index (χ0n) is 9.93. The highest BCUT2D eigenvalue weighted by molar-refractivity contribution is 6.00. The Bertz CT molecular complexity index is 457. The molecule has 1 aliphatic rings. The van der Waals surface area contributed by atoms with E-state index < -0.39 is 0 Å². The number of aromatic nitrogens is 2. The molecule has 1 aliphatic heterocycles. The summed E-state index contributed by atoms with van der Waals surface area (Å²) in [6.07, 6.45) is 4.10. The summed E-state index contributed by atoms with van der Waals surface area (Å²) in [5, 5.41) is 2.36. The van der Waals surface area contributed by atoms with Crippen molar-refractivity contribution in [1.82, 2.24) is 15.3 Å². The summed E-state index contributed by atoms with van der Waals surface area (Å²) < 4.78 is 0. The van der Waals surface area contributed by atoms with E-state index in [0.29, 0.717) is 12.8 Å². The number of imide groups is 1. The molecule has 0 aromatic carbocycles. The number of rotatable bonds is 2. The van der Waals surface area contributed by atoms with Gasteiger partial charge in [0.25, 0.3) is 0 Å². The predicted molar refractivity (Wildman–Crippen MR) is 61.2 cm³/mol. The van der Waals surface area contributed by atoms with Crippen molar-refractivity contribution in [1.29, 1.82) is 0 Å². The van der Waals surface area contributed by atoms with Crippen LogP contribution in [0.1, 0.15) is 49.8 Å². The van der Waals surface area contributed by atoms with Crippen LogP contribution >= 0.6 is 0 Å². The molecule has 1 atom stereocenters. The first-order valence-electron chi connectivity index (χ1n) is 5.73. The highest BCUT2D eigenvalue weighted by Gasteiger charge is 2.31. The van der Waals surface area contributed by atoms with Gasteiger partial charge in [-0.1, -0.05) is 13.8 Å². The van der Waals surface area contributed by atoms with Gasteiger partial charge in [0.05, 0.1) is 11.6 Å². The van der Waals surface area contributed by atoms with Crippen molar-refractivity contribution in [3.05, 3.63) is 23.8 Å². The standard InChI is InChI=1S/C12H15N3O2/c1-7(2)9-5-13-6-14-11(9)8-3-4-10(16)15-12(8)17/h5-8H,3-4H2,1-2H3,(H,15,16,17). The van der Waals surface area contributed by atoms with Crippen LogP contribution in [0, 0.1) is 0 Å². The van der Waals surface area contributed by atoms with Gasteiger partial charge in [0.15, 0.2) is 0 Å². The minimum Gasteiger partial charge on any atom is -0.296 e. The molecule has 0 radical (unpaired) electrons. The molecule has 1 unspecified atom stereocenters. The van der Waals surface area contributed by atoms with Gasteiger partial charge in [0.1, 0.15) is 6.33 Å². The third-order valence-electron chi connectivity index (χ3n) is 2.96. The minimum absolute atomic E-state index is 0.202. The first-order valence-corrected chi connectivity index (χ1v) is 5.73. The largest absolute Gasteiger partial charge is 0.296 e. The summed E-state index contributed by atoms with van der Waals surface area (Å²) >= 11 is 0. The number of carbonyl (C=O) groups excluding carboxylic acids is 2. The van der Waals surface area contributed by atoms with Crippen LogP contribution in [0.3, 0.4) is 0 Å². The number of amides is 2. The van der Waals surface area contributed by atoms with Crippen molar-refractivity contribution in [2.75, 3.05) is 0 Å². The van der Waals surface area contributed by atoms with Crippen molar-refractivity contribution in [2.45, 2.75) is 38.5 Å². The molecule has 1 aromatic rings. The Balaban J connectivity index is 2.34. The topological polar surface area (TPSA) is 72.0 Å². The molecule has 5 heteroatoms. The van der Waals surface area contributed by atoms with E-state index in [-0.39, 0.29) is 23.7 Å². The molecule has 2 rings (SSSR count). The molecule has 1 fully saturated rings. The van der Waals surface area contributed by atoms with Crippen molar-refractivity contribution in [3.8, 4) is 0 Å². The SMILES string of the molecule is CC(C)c1cncnc1C1CCC(=O)NC1=O. The first-order chi connectivity index (χ1) is 8.09. The Labute approximate surface area is 99.7 Å². The van der Waals surface area contributed by atoms with Crippen LogP contribution in [0.5, 0.6) is 0 Å². The molecular formula is C12H15N3O2. The van der Waals surface area contributed by atoms with E-state index in [9.17, 15) is 9.59 Å². The first kappa shape index (κ1) is 11.7. The molecule has 0 bridgehead atoms. The van der Waals surface area contributed by atoms with Gasteiger partial charge in [0, 0.05) is 12.6 Å². The normalized spacial score (nSPS) is 20.5. The lowest BCUT2D eigenvalue weighted by Crippen LogP contribution is -2.40. The van der Waals surface area contributed by atoms with Crippen LogP contribution in [-0.4, -0.2) is 21.8 Å². The van der Waals surface area contributed by atoms with E-state index in [1.807, 2.05) is 13.8 Å². The van der Waals surface area contributed by atoms with E-state index in [2.05, 4.69) is 15.3 Å². The quantitative estimate of drug-likeness (QED) is 0.777. The molecule has 2 amide bonds. The Kier molecular flexibility index (Phi) is 3.17. The zero-order valence-corrected chi connectivity index (χ0v) is 9.93. The van der Waals surface area contributed by atoms with Gasteiger partial charge >= 0.3 is 0 Å². The lowest BCUT2D eigenvalue weighted by Gasteiger charge is -2.22. The molecule has 1 N–H and O–H groups in total. The predicted octanol–water partition coefficient (Wildman–Crippen LogP) is 1.12. The number of nitrogens with zero attached hydrogens (tertiary/aromatic N) is 2. The average Bonchev–Trinajstić information content (AvgIpc) is 2.29. The Hall–Kier alpha value is -1.78. The molecule has 1 saturated heterocycles. The number of nitrogens with one attached hydrogen (secondary N) is 1. The molecular weight excluding hydrogens is 218 g/mol. The van der Waals surface area contributed by atoms with Gasteiger partial charge in [-0.05, 0) is 17.9 Å². The van der Waals surface area contributed by atoms with Gasteiger partial charge in [-0.2, -0.15) is 0 Å². The van der Waals surface area contributed by atoms with Crippen LogP contribution in [0.15, 0.2) is 12.5 Å². The molecule has 0 saturated carbocycles. The van der Waals surface area contributed by atoms with E-state index in [1.165, 1.54) is 6.33 Å². The summed E-state index contributed by atoms with van der Waals surface area (Å²) in [6.45, 7) is 4.07. The minimum atomic E-state index is -0.326. The van der Waals surface area contributed by atoms with Crippen molar-refractivity contribution in [3.63, 3.8) is 0 Å². The van der Waals surface area contributed by atoms with Gasteiger partial charge in [0.2, 0.25) is 11.8 Å². The van der Waals surface area contributed by atoms with Crippen molar-refractivity contribution >= 4 is 11.8 Å². The van der Waals surface area contributed by atoms with E-state index >= 15 is 0 Å². The molecule has 0 aliphatic carbocycles. The van der Waals surface area contributed by atoms with Gasteiger partial charge < -0.3 is 0 Å². The third-order valence-corrected chi connectivity index (χ3v) is 2.96. The molecule has 17 heavy (non-hydrogen) atoms. The maximum absolute atomic E-state index is 11.8. The van der Waals surface area contributed by atoms with Gasteiger partial charge in [-0.25, -0.2) is 9.97 Å². The van der Waals surface area contributed by atoms with E-state index in [4.69, 9.17) is 0 Å². The molecule has 5 nitrogen and oxygen atoms in total. The number of piperidine rings is 1. The maximum Gasteiger partial charge on any atom is 0.235 e. The summed E-state index contributed by atoms with van der Waals surface area (Å²) in [7, 11) is 0. The van der Waals surface area contributed by atoms with E-state index in [1.54, 1.807) is 6.20 Å². The Morgan fingerprint density at radius 1 is 1.41 bits per heavy atom. The highest BCUT2D eigenvalue weighted by atomic mass is 16.2. The van der Waals surface area contributed by atoms with Gasteiger partial charge in [-0.3, -0.25) is 14.9 Å². The van der Waals surface area contributed by atoms with Crippen LogP contribution in [0.4, 0.5) is 0 Å². The number of hydrogen-bond acceptors (Lipinski definition) is 4. The highest BCUT2D eigenvalue weighted by Crippen LogP contribution is 2.28. The summed E-state index contributed by atoms with van der Waals surface area (Å²) in [6, 6.07) is 0. The Morgan fingerprint density at radius 3 is 2.82 bits per heavy atom. The van der Waals surface area contributed by atoms with Crippen molar-refractivity contribution in [2.24, 2.45) is 0 Å². The maximum atomic E-state index is 11.8. The summed E-state index contributed by atoms with van der Waals surface area (Å²) in [5.74, 6) is -0.516. The van der Waals surface area contributed by atoms with Crippen LogP contribution in [0.25, 0.3) is 0 Å². The molecule has 90 valence electrons. The summed E-state index contributed by atoms with van der Waals surface area (Å²) in [5.41, 5.74) is 1.72. The van der Waals surface area contributed by atoms with Crippen LogP contribution in [0.2, 0.25) is 0 Å². The molecule has 1 aromatic heterocycles. The second-order valence-electron chi connectivity index (χ2n) is 4.52. The fourth-order valence-electron chi connectivity index (χ4n) is 2.04. The fraction of sp³-hybridized carbons (Fsp3) is 0.500. The van der Waals surface area contributed by atoms with E-state index in [0.717, 1.165) is 11.3 Å². The average molecular weight is 233 g/mol. The van der Waals surface area contributed by atoms with Crippen LogP contribution in [-0.2, 0) is 9.59 Å². The smallest absolute Gasteiger partial charge is 0.235 e. The number of hydrogen-bond donors (Lipinski definition) is 1. The number of carbonyl (C=O) groups is 2. The Morgan fingerprint density at radius 2 is 2.18 bits per heavy atom. The monoisotopic (exact) mass is 233 g/mol. The van der Waals surface area contributed by atoms with Gasteiger partial charge in [-0.15, -0.1) is 0 Å². The zero-order chi connectivity index (χ0) is 12.4. The summed E-state index contributed by atoms with van der Waals surface area (Å²) in [4.78, 5) is 31.1. The third kappa shape index (κ3) is 2.33. The molecule has 2 heterocycles. The second-order valence-corrected chi connectivity index (χ2v) is 4.52.